The van der Waals surface area contributed by atoms with Crippen molar-refractivity contribution in [2.24, 2.45) is 0 Å². The topological polar surface area (TPSA) is 20.3 Å². The van der Waals surface area contributed by atoms with Gasteiger partial charge in [-0.1, -0.05) is 0 Å². The van der Waals surface area contributed by atoms with Gasteiger partial charge in [-0.15, -0.1) is 9.24 Å². The summed E-state index contributed by atoms with van der Waals surface area (Å²) in [4.78, 5) is 12.6. The van der Waals surface area contributed by atoms with Crippen LogP contribution in [0.2, 0.25) is 0 Å². The predicted molar refractivity (Wildman–Crippen MR) is 39.9 cm³/mol. The maximum absolute atomic E-state index is 10.7. The zero-order chi connectivity index (χ0) is 5.98. The van der Waals surface area contributed by atoms with Crippen molar-refractivity contribution in [2.45, 2.75) is 0 Å². The van der Waals surface area contributed by atoms with Crippen molar-refractivity contribution in [3.05, 3.63) is 0 Å². The smallest absolute Gasteiger partial charge is 0.240 e. The largest absolute Gasteiger partial charge is 0.335 e. The van der Waals surface area contributed by atoms with Crippen LogP contribution in [0.5, 0.6) is 0 Å². The van der Waals surface area contributed by atoms with Gasteiger partial charge < -0.3 is 4.90 Å². The lowest BCUT2D eigenvalue weighted by molar-refractivity contribution is 0.237. The highest BCUT2D eigenvalue weighted by Gasteiger charge is 2.17. The van der Waals surface area contributed by atoms with Crippen molar-refractivity contribution < 1.29 is 4.79 Å². The fraction of sp³-hybridized carbons (Fsp3) is 0.750. The average molecular weight is 149 g/mol. The summed E-state index contributed by atoms with van der Waals surface area (Å²) in [5, 5.41) is 0. The van der Waals surface area contributed by atoms with Gasteiger partial charge in [-0.05, 0) is 14.7 Å². The van der Waals surface area contributed by atoms with Crippen LogP contribution in [0.4, 0.5) is 4.79 Å². The summed E-state index contributed by atoms with van der Waals surface area (Å²) >= 11 is 0. The second-order valence-corrected chi connectivity index (χ2v) is 3.32. The molecule has 0 aromatic rings. The summed E-state index contributed by atoms with van der Waals surface area (Å²) in [5.74, 6) is 0. The van der Waals surface area contributed by atoms with Crippen LogP contribution in [-0.2, 0) is 0 Å². The molecule has 0 spiro atoms. The van der Waals surface area contributed by atoms with Gasteiger partial charge in [-0.3, -0.25) is 4.79 Å². The maximum Gasteiger partial charge on any atom is 0.240 e. The van der Waals surface area contributed by atoms with Gasteiger partial charge in [0.15, 0.2) is 0 Å². The molecule has 0 bridgehead atoms. The Bertz CT molecular complexity index is 106. The minimum Gasteiger partial charge on any atom is -0.335 e. The second-order valence-electron chi connectivity index (χ2n) is 1.68. The van der Waals surface area contributed by atoms with Crippen LogP contribution in [0.1, 0.15) is 0 Å². The normalized spacial score (nSPS) is 23.1. The van der Waals surface area contributed by atoms with Gasteiger partial charge in [-0.25, -0.2) is 0 Å². The quantitative estimate of drug-likeness (QED) is 0.508. The SMILES string of the molecule is O=C1PCCN1CP. The van der Waals surface area contributed by atoms with Gasteiger partial charge in [0, 0.05) is 12.8 Å². The molecule has 2 atom stereocenters. The molecule has 1 rings (SSSR count). The average Bonchev–Trinajstić information content (AvgIpc) is 2.14. The molecular formula is C4H9NOP2. The monoisotopic (exact) mass is 149 g/mol. The summed E-state index contributed by atoms with van der Waals surface area (Å²) in [6, 6.07) is 0. The van der Waals surface area contributed by atoms with Gasteiger partial charge in [0.05, 0.1) is 0 Å². The molecule has 1 aliphatic rings. The first kappa shape index (κ1) is 6.45. The molecule has 0 saturated carbocycles. The first-order chi connectivity index (χ1) is 3.84. The Morgan fingerprint density at radius 2 is 2.62 bits per heavy atom. The molecule has 1 amide bonds. The number of hydrogen-bond acceptors (Lipinski definition) is 1. The van der Waals surface area contributed by atoms with Crippen molar-refractivity contribution in [3.63, 3.8) is 0 Å². The molecule has 0 radical (unpaired) electrons. The van der Waals surface area contributed by atoms with E-state index in [0.29, 0.717) is 14.2 Å². The molecule has 4 heteroatoms. The molecule has 46 valence electrons. The first-order valence-corrected chi connectivity index (χ1v) is 4.60. The van der Waals surface area contributed by atoms with E-state index in [-0.39, 0.29) is 0 Å². The number of carbonyl (C=O) groups is 1. The zero-order valence-electron chi connectivity index (χ0n) is 4.55. The molecule has 1 aliphatic heterocycles. The molecule has 2 unspecified atom stereocenters. The molecular weight excluding hydrogens is 140 g/mol. The van der Waals surface area contributed by atoms with Gasteiger partial charge in [0.2, 0.25) is 5.65 Å². The predicted octanol–water partition coefficient (Wildman–Crippen LogP) is 0.933. The van der Waals surface area contributed by atoms with Gasteiger partial charge in [-0.2, -0.15) is 0 Å². The summed E-state index contributed by atoms with van der Waals surface area (Å²) in [6.07, 6.45) is 1.89. The minimum absolute atomic E-state index is 0.333. The molecule has 1 heterocycles. The van der Waals surface area contributed by atoms with E-state index in [4.69, 9.17) is 0 Å². The van der Waals surface area contributed by atoms with Crippen LogP contribution in [-0.4, -0.2) is 29.5 Å². The zero-order valence-corrected chi connectivity index (χ0v) is 6.71. The lowest BCUT2D eigenvalue weighted by atomic mass is 10.7. The molecule has 0 N–H and O–H groups in total. The molecule has 0 aliphatic carbocycles. The van der Waals surface area contributed by atoms with E-state index in [2.05, 4.69) is 9.24 Å². The highest BCUT2D eigenvalue weighted by atomic mass is 31.1. The first-order valence-electron chi connectivity index (χ1n) is 2.57. The molecule has 1 saturated heterocycles. The number of hydrogen-bond donors (Lipinski definition) is 0. The van der Waals surface area contributed by atoms with Gasteiger partial charge in [0.25, 0.3) is 0 Å². The van der Waals surface area contributed by atoms with E-state index < -0.39 is 0 Å². The van der Waals surface area contributed by atoms with Crippen molar-refractivity contribution >= 4 is 23.5 Å². The van der Waals surface area contributed by atoms with Crippen LogP contribution < -0.4 is 0 Å². The van der Waals surface area contributed by atoms with E-state index >= 15 is 0 Å². The van der Waals surface area contributed by atoms with Gasteiger partial charge >= 0.3 is 0 Å². The Morgan fingerprint density at radius 3 is 2.88 bits per heavy atom. The maximum atomic E-state index is 10.7. The van der Waals surface area contributed by atoms with Crippen LogP contribution >= 0.6 is 17.8 Å². The third-order valence-electron chi connectivity index (χ3n) is 1.17. The molecule has 0 aromatic heterocycles. The summed E-state index contributed by atoms with van der Waals surface area (Å²) in [5.41, 5.74) is 0.333. The van der Waals surface area contributed by atoms with E-state index in [1.165, 1.54) is 0 Å². The van der Waals surface area contributed by atoms with Crippen LogP contribution in [0.25, 0.3) is 0 Å². The van der Waals surface area contributed by atoms with E-state index in [9.17, 15) is 4.79 Å². The Hall–Kier alpha value is 0.330. The molecule has 2 nitrogen and oxygen atoms in total. The number of nitrogens with zero attached hydrogens (tertiary/aromatic N) is 1. The van der Waals surface area contributed by atoms with Crippen LogP contribution in [0.15, 0.2) is 0 Å². The Labute approximate surface area is 53.0 Å². The summed E-state index contributed by atoms with van der Waals surface area (Å²) in [6.45, 7) is 0.973. The molecule has 0 aromatic carbocycles. The standard InChI is InChI=1S/C4H9NOP2/c6-4-5(3-7)1-2-8-4/h8H,1-3,7H2. The number of carbonyl (C=O) groups excluding carboxylic acids is 1. The van der Waals surface area contributed by atoms with Crippen LogP contribution in [0.3, 0.4) is 0 Å². The van der Waals surface area contributed by atoms with E-state index in [1.807, 2.05) is 4.90 Å². The number of amides is 1. The van der Waals surface area contributed by atoms with Gasteiger partial charge in [0.1, 0.15) is 0 Å². The van der Waals surface area contributed by atoms with Crippen molar-refractivity contribution in [2.75, 3.05) is 19.0 Å². The van der Waals surface area contributed by atoms with Crippen molar-refractivity contribution in [3.8, 4) is 0 Å². The van der Waals surface area contributed by atoms with Crippen molar-refractivity contribution in [1.82, 2.24) is 4.90 Å². The number of rotatable bonds is 1. The lowest BCUT2D eigenvalue weighted by Gasteiger charge is -2.09. The van der Waals surface area contributed by atoms with Crippen molar-refractivity contribution in [1.29, 1.82) is 0 Å². The Morgan fingerprint density at radius 1 is 1.88 bits per heavy atom. The second kappa shape index (κ2) is 2.75. The summed E-state index contributed by atoms with van der Waals surface area (Å²) < 4.78 is 0. The Kier molecular flexibility index (Phi) is 2.22. The third-order valence-corrected chi connectivity index (χ3v) is 2.70. The van der Waals surface area contributed by atoms with E-state index in [0.717, 1.165) is 19.0 Å². The highest BCUT2D eigenvalue weighted by Crippen LogP contribution is 2.23. The highest BCUT2D eigenvalue weighted by molar-refractivity contribution is 7.58. The fourth-order valence-electron chi connectivity index (χ4n) is 0.685. The van der Waals surface area contributed by atoms with Crippen LogP contribution in [0, 0.1) is 0 Å². The Balaban J connectivity index is 2.42. The third kappa shape index (κ3) is 1.18. The minimum atomic E-state index is 0.333. The molecule has 8 heavy (non-hydrogen) atoms. The fourth-order valence-corrected chi connectivity index (χ4v) is 2.24. The molecule has 1 fully saturated rings. The lowest BCUT2D eigenvalue weighted by Crippen LogP contribution is -2.20. The van der Waals surface area contributed by atoms with E-state index in [1.54, 1.807) is 0 Å². The summed E-state index contributed by atoms with van der Waals surface area (Å²) in [7, 11) is 3.10.